The first-order valence-electron chi connectivity index (χ1n) is 13.2. The first-order chi connectivity index (χ1) is 18.1. The summed E-state index contributed by atoms with van der Waals surface area (Å²) in [7, 11) is 3.33. The predicted molar refractivity (Wildman–Crippen MR) is 152 cm³/mol. The Morgan fingerprint density at radius 3 is 2.30 bits per heavy atom. The van der Waals surface area contributed by atoms with Gasteiger partial charge in [-0.2, -0.15) is 0 Å². The molecule has 1 fully saturated rings. The summed E-state index contributed by atoms with van der Waals surface area (Å²) in [6.45, 7) is 8.60. The van der Waals surface area contributed by atoms with E-state index in [1.54, 1.807) is 14.2 Å². The first-order valence-corrected chi connectivity index (χ1v) is 13.2. The smallest absolute Gasteiger partial charge is 0.161 e. The fourth-order valence-corrected chi connectivity index (χ4v) is 5.21. The largest absolute Gasteiger partial charge is 0.493 e. The van der Waals surface area contributed by atoms with Crippen LogP contribution >= 0.6 is 0 Å². The minimum Gasteiger partial charge on any atom is -0.493 e. The number of benzene rings is 3. The van der Waals surface area contributed by atoms with Crippen LogP contribution in [-0.4, -0.2) is 50.3 Å². The molecule has 6 nitrogen and oxygen atoms in total. The van der Waals surface area contributed by atoms with Gasteiger partial charge in [0.05, 0.1) is 19.9 Å². The van der Waals surface area contributed by atoms with Gasteiger partial charge in [-0.05, 0) is 98.1 Å². The van der Waals surface area contributed by atoms with Crippen LogP contribution in [0.2, 0.25) is 0 Å². The maximum atomic E-state index is 5.96. The minimum absolute atomic E-state index is 0.337. The molecule has 1 aromatic heterocycles. The number of anilines is 2. The maximum Gasteiger partial charge on any atom is 0.161 e. The van der Waals surface area contributed by atoms with Gasteiger partial charge < -0.3 is 24.5 Å². The number of fused-ring (bicyclic) bond motifs is 1. The summed E-state index contributed by atoms with van der Waals surface area (Å²) in [5.74, 6) is 2.69. The molecule has 1 aliphatic heterocycles. The van der Waals surface area contributed by atoms with E-state index in [1.807, 2.05) is 24.3 Å². The van der Waals surface area contributed by atoms with E-state index in [0.717, 1.165) is 58.5 Å². The molecule has 2 heterocycles. The third-order valence-corrected chi connectivity index (χ3v) is 7.11. The second-order valence-corrected chi connectivity index (χ2v) is 9.95. The van der Waals surface area contributed by atoms with E-state index < -0.39 is 0 Å². The van der Waals surface area contributed by atoms with Crippen LogP contribution < -0.4 is 19.5 Å². The highest BCUT2D eigenvalue weighted by Crippen LogP contribution is 2.40. The number of hydrogen-bond acceptors (Lipinski definition) is 5. The molecule has 1 saturated heterocycles. The molecule has 0 atom stereocenters. The van der Waals surface area contributed by atoms with Crippen LogP contribution in [0.5, 0.6) is 17.2 Å². The molecule has 2 N–H and O–H groups in total. The van der Waals surface area contributed by atoms with E-state index in [1.165, 1.54) is 36.9 Å². The third-order valence-electron chi connectivity index (χ3n) is 7.11. The average Bonchev–Trinajstić information content (AvgIpc) is 3.57. The second-order valence-electron chi connectivity index (χ2n) is 9.95. The number of aromatic nitrogens is 1. The molecule has 3 aromatic carbocycles. The van der Waals surface area contributed by atoms with Crippen LogP contribution in [-0.2, 0) is 0 Å². The molecule has 0 bridgehead atoms. The lowest BCUT2D eigenvalue weighted by molar-refractivity contribution is 0.238. The lowest BCUT2D eigenvalue weighted by Crippen LogP contribution is -2.25. The Morgan fingerprint density at radius 1 is 0.865 bits per heavy atom. The molecule has 0 amide bonds. The van der Waals surface area contributed by atoms with E-state index in [2.05, 4.69) is 65.4 Å². The van der Waals surface area contributed by atoms with Crippen molar-refractivity contribution in [1.82, 2.24) is 9.88 Å². The SMILES string of the molecule is COc1ccc(-c2[nH]c3ccc(Nc4ccc(OCCN5CCCC5)cc4)cc3c2C(C)C)cc1OC. The standard InChI is InChI=1S/C31H37N3O3/c1-21(2)30-26-20-24(32-23-8-11-25(12-9-23)37-18-17-34-15-5-6-16-34)10-13-27(26)33-31(30)22-7-14-28(35-3)29(19-22)36-4/h7-14,19-21,32-33H,5-6,15-18H2,1-4H3. The van der Waals surface area contributed by atoms with Gasteiger partial charge in [0.15, 0.2) is 11.5 Å². The fourth-order valence-electron chi connectivity index (χ4n) is 5.21. The number of nitrogens with one attached hydrogen (secondary N) is 2. The highest BCUT2D eigenvalue weighted by atomic mass is 16.5. The highest BCUT2D eigenvalue weighted by Gasteiger charge is 2.18. The van der Waals surface area contributed by atoms with Crippen molar-refractivity contribution in [3.63, 3.8) is 0 Å². The van der Waals surface area contributed by atoms with Crippen molar-refractivity contribution >= 4 is 22.3 Å². The van der Waals surface area contributed by atoms with Gasteiger partial charge in [-0.15, -0.1) is 0 Å². The second kappa shape index (κ2) is 11.2. The normalized spacial score (nSPS) is 13.9. The summed E-state index contributed by atoms with van der Waals surface area (Å²) in [6, 6.07) is 20.8. The van der Waals surface area contributed by atoms with Crippen LogP contribution in [0.15, 0.2) is 60.7 Å². The Hall–Kier alpha value is -3.64. The molecule has 5 rings (SSSR count). The van der Waals surface area contributed by atoms with E-state index in [-0.39, 0.29) is 0 Å². The van der Waals surface area contributed by atoms with Crippen LogP contribution in [0.3, 0.4) is 0 Å². The fraction of sp³-hybridized carbons (Fsp3) is 0.355. The Labute approximate surface area is 219 Å². The monoisotopic (exact) mass is 499 g/mol. The Kier molecular flexibility index (Phi) is 7.56. The molecule has 1 aliphatic rings. The van der Waals surface area contributed by atoms with Crippen molar-refractivity contribution in [2.45, 2.75) is 32.6 Å². The van der Waals surface area contributed by atoms with Crippen LogP contribution in [0.1, 0.15) is 38.2 Å². The lowest BCUT2D eigenvalue weighted by Gasteiger charge is -2.15. The zero-order valence-corrected chi connectivity index (χ0v) is 22.3. The zero-order valence-electron chi connectivity index (χ0n) is 22.3. The molecule has 4 aromatic rings. The third kappa shape index (κ3) is 5.54. The van der Waals surface area contributed by atoms with Gasteiger partial charge in [-0.25, -0.2) is 0 Å². The van der Waals surface area contributed by atoms with E-state index in [4.69, 9.17) is 14.2 Å². The quantitative estimate of drug-likeness (QED) is 0.242. The van der Waals surface area contributed by atoms with E-state index >= 15 is 0 Å². The van der Waals surface area contributed by atoms with Gasteiger partial charge in [0, 0.05) is 34.4 Å². The number of likely N-dealkylation sites (tertiary alicyclic amines) is 1. The van der Waals surface area contributed by atoms with Crippen molar-refractivity contribution in [3.05, 3.63) is 66.2 Å². The van der Waals surface area contributed by atoms with Crippen LogP contribution in [0.4, 0.5) is 11.4 Å². The summed E-state index contributed by atoms with van der Waals surface area (Å²) in [5, 5.41) is 4.77. The van der Waals surface area contributed by atoms with Crippen molar-refractivity contribution < 1.29 is 14.2 Å². The zero-order chi connectivity index (χ0) is 25.8. The predicted octanol–water partition coefficient (Wildman–Crippen LogP) is 7.19. The number of ether oxygens (including phenoxy) is 3. The molecule has 6 heteroatoms. The molecule has 0 unspecified atom stereocenters. The van der Waals surface area contributed by atoms with Crippen LogP contribution in [0.25, 0.3) is 22.2 Å². The number of methoxy groups -OCH3 is 2. The van der Waals surface area contributed by atoms with Gasteiger partial charge in [-0.3, -0.25) is 4.90 Å². The molecule has 0 saturated carbocycles. The van der Waals surface area contributed by atoms with Gasteiger partial charge >= 0.3 is 0 Å². The lowest BCUT2D eigenvalue weighted by atomic mass is 9.95. The van der Waals surface area contributed by atoms with E-state index in [9.17, 15) is 0 Å². The minimum atomic E-state index is 0.337. The highest BCUT2D eigenvalue weighted by molar-refractivity contribution is 5.94. The van der Waals surface area contributed by atoms with E-state index in [0.29, 0.717) is 5.92 Å². The van der Waals surface area contributed by atoms with Gasteiger partial charge in [0.25, 0.3) is 0 Å². The summed E-state index contributed by atoms with van der Waals surface area (Å²) < 4.78 is 16.9. The van der Waals surface area contributed by atoms with Crippen molar-refractivity contribution in [3.8, 4) is 28.5 Å². The Morgan fingerprint density at radius 2 is 1.59 bits per heavy atom. The Balaban J connectivity index is 1.34. The summed E-state index contributed by atoms with van der Waals surface area (Å²) >= 11 is 0. The average molecular weight is 500 g/mol. The molecule has 37 heavy (non-hydrogen) atoms. The Bertz CT molecular complexity index is 1340. The van der Waals surface area contributed by atoms with Crippen molar-refractivity contribution in [2.75, 3.05) is 45.8 Å². The summed E-state index contributed by atoms with van der Waals surface area (Å²) in [6.07, 6.45) is 2.62. The summed E-state index contributed by atoms with van der Waals surface area (Å²) in [4.78, 5) is 6.11. The maximum absolute atomic E-state index is 5.96. The topological polar surface area (TPSA) is 58.8 Å². The van der Waals surface area contributed by atoms with Gasteiger partial charge in [0.2, 0.25) is 0 Å². The van der Waals surface area contributed by atoms with Crippen molar-refractivity contribution in [2.24, 2.45) is 0 Å². The molecular formula is C31H37N3O3. The number of H-pyrrole nitrogens is 1. The number of nitrogens with zero attached hydrogens (tertiary/aromatic N) is 1. The first kappa shape index (κ1) is 25.0. The number of aromatic amines is 1. The molecular weight excluding hydrogens is 462 g/mol. The van der Waals surface area contributed by atoms with Crippen LogP contribution in [0, 0.1) is 0 Å². The summed E-state index contributed by atoms with van der Waals surface area (Å²) in [5.41, 5.74) is 6.67. The van der Waals surface area contributed by atoms with Gasteiger partial charge in [0.1, 0.15) is 12.4 Å². The molecule has 0 spiro atoms. The van der Waals surface area contributed by atoms with Crippen molar-refractivity contribution in [1.29, 1.82) is 0 Å². The molecule has 194 valence electrons. The number of rotatable bonds is 10. The molecule has 0 radical (unpaired) electrons. The van der Waals surface area contributed by atoms with Gasteiger partial charge in [-0.1, -0.05) is 13.8 Å². The molecule has 0 aliphatic carbocycles. The number of hydrogen-bond donors (Lipinski definition) is 2.